The van der Waals surface area contributed by atoms with E-state index in [-0.39, 0.29) is 5.41 Å². The molecule has 0 bridgehead atoms. The number of benzene rings is 7. The molecule has 10 aromatic rings. The van der Waals surface area contributed by atoms with Gasteiger partial charge in [0.05, 0.1) is 11.0 Å². The van der Waals surface area contributed by atoms with Crippen LogP contribution in [0.5, 0.6) is 0 Å². The normalized spacial score (nSPS) is 13.2. The van der Waals surface area contributed by atoms with Gasteiger partial charge < -0.3 is 4.57 Å². The lowest BCUT2D eigenvalue weighted by molar-refractivity contribution is 0.661. The zero-order valence-corrected chi connectivity index (χ0v) is 30.0. The number of thiophene rings is 1. The summed E-state index contributed by atoms with van der Waals surface area (Å²) in [7, 11) is 0. The highest BCUT2D eigenvalue weighted by Gasteiger charge is 2.37. The van der Waals surface area contributed by atoms with Crippen LogP contribution in [-0.4, -0.2) is 19.5 Å². The lowest BCUT2D eigenvalue weighted by Crippen LogP contribution is -2.14. The van der Waals surface area contributed by atoms with E-state index in [1.807, 2.05) is 18.2 Å². The second-order valence-electron chi connectivity index (χ2n) is 14.4. The fourth-order valence-corrected chi connectivity index (χ4v) is 9.68. The largest absolute Gasteiger partial charge is 0.309 e. The minimum atomic E-state index is -0.0718. The summed E-state index contributed by atoms with van der Waals surface area (Å²) in [5, 5.41) is 5.08. The van der Waals surface area contributed by atoms with Crippen LogP contribution in [0, 0.1) is 0 Å². The lowest BCUT2D eigenvalue weighted by Gasteiger charge is -2.21. The van der Waals surface area contributed by atoms with Crippen molar-refractivity contribution in [3.05, 3.63) is 169 Å². The molecular weight excluding hydrogens is 665 g/mol. The molecule has 1 aliphatic rings. The zero-order chi connectivity index (χ0) is 35.3. The Morgan fingerprint density at radius 1 is 0.472 bits per heavy atom. The van der Waals surface area contributed by atoms with Crippen LogP contribution in [0.2, 0.25) is 0 Å². The van der Waals surface area contributed by atoms with Crippen LogP contribution >= 0.6 is 11.3 Å². The van der Waals surface area contributed by atoms with Crippen LogP contribution in [0.3, 0.4) is 0 Å². The van der Waals surface area contributed by atoms with Gasteiger partial charge in [0, 0.05) is 58.7 Å². The van der Waals surface area contributed by atoms with Crippen molar-refractivity contribution in [2.75, 3.05) is 0 Å². The van der Waals surface area contributed by atoms with Gasteiger partial charge in [0.2, 0.25) is 0 Å². The molecule has 0 fully saturated rings. The highest BCUT2D eigenvalue weighted by Crippen LogP contribution is 2.53. The molecule has 0 spiro atoms. The maximum absolute atomic E-state index is 5.17. The lowest BCUT2D eigenvalue weighted by atomic mass is 9.82. The van der Waals surface area contributed by atoms with E-state index < -0.39 is 0 Å². The van der Waals surface area contributed by atoms with Gasteiger partial charge in [0.25, 0.3) is 0 Å². The Labute approximate surface area is 310 Å². The van der Waals surface area contributed by atoms with Gasteiger partial charge in [0.15, 0.2) is 17.5 Å². The summed E-state index contributed by atoms with van der Waals surface area (Å²) in [6, 6.07) is 56.3. The first-order chi connectivity index (χ1) is 26.0. The van der Waals surface area contributed by atoms with E-state index in [2.05, 4.69) is 158 Å². The molecule has 4 nitrogen and oxygen atoms in total. The van der Waals surface area contributed by atoms with Gasteiger partial charge in [-0.1, -0.05) is 135 Å². The summed E-state index contributed by atoms with van der Waals surface area (Å²) >= 11 is 1.80. The molecule has 0 saturated carbocycles. The monoisotopic (exact) mass is 696 g/mol. The number of rotatable bonds is 4. The summed E-state index contributed by atoms with van der Waals surface area (Å²) in [6.45, 7) is 4.69. The summed E-state index contributed by atoms with van der Waals surface area (Å²) < 4.78 is 4.90. The molecule has 3 heterocycles. The quantitative estimate of drug-likeness (QED) is 0.184. The first-order valence-electron chi connectivity index (χ1n) is 18.0. The van der Waals surface area contributed by atoms with E-state index in [1.54, 1.807) is 11.3 Å². The van der Waals surface area contributed by atoms with Crippen LogP contribution in [0.1, 0.15) is 25.0 Å². The van der Waals surface area contributed by atoms with Crippen molar-refractivity contribution < 1.29 is 0 Å². The molecule has 1 aliphatic carbocycles. The number of hydrogen-bond acceptors (Lipinski definition) is 4. The number of nitrogens with zero attached hydrogens (tertiary/aromatic N) is 4. The van der Waals surface area contributed by atoms with Gasteiger partial charge in [-0.25, -0.2) is 15.0 Å². The zero-order valence-electron chi connectivity index (χ0n) is 29.2. The van der Waals surface area contributed by atoms with Crippen LogP contribution in [-0.2, 0) is 5.41 Å². The van der Waals surface area contributed by atoms with Crippen molar-refractivity contribution >= 4 is 53.3 Å². The van der Waals surface area contributed by atoms with Gasteiger partial charge in [-0.05, 0) is 58.7 Å². The molecule has 0 N–H and O–H groups in total. The Kier molecular flexibility index (Phi) is 6.43. The second-order valence-corrected chi connectivity index (χ2v) is 15.5. The minimum Gasteiger partial charge on any atom is -0.309 e. The third kappa shape index (κ3) is 4.51. The van der Waals surface area contributed by atoms with Gasteiger partial charge in [-0.2, -0.15) is 0 Å². The minimum absolute atomic E-state index is 0.0718. The highest BCUT2D eigenvalue weighted by atomic mass is 32.1. The molecule has 53 heavy (non-hydrogen) atoms. The van der Waals surface area contributed by atoms with Crippen LogP contribution in [0.25, 0.3) is 93.0 Å². The molecule has 5 heteroatoms. The second kappa shape index (κ2) is 11.3. The molecule has 0 unspecified atom stereocenters. The third-order valence-electron chi connectivity index (χ3n) is 11.0. The van der Waals surface area contributed by atoms with Crippen molar-refractivity contribution in [2.45, 2.75) is 19.3 Å². The van der Waals surface area contributed by atoms with E-state index in [0.717, 1.165) is 22.4 Å². The molecule has 250 valence electrons. The molecule has 0 aliphatic heterocycles. The Hall–Kier alpha value is -6.43. The summed E-state index contributed by atoms with van der Waals surface area (Å²) in [6.07, 6.45) is 0. The molecule has 0 amide bonds. The Balaban J connectivity index is 1.11. The van der Waals surface area contributed by atoms with Gasteiger partial charge in [-0.15, -0.1) is 11.3 Å². The molecule has 0 radical (unpaired) electrons. The first kappa shape index (κ1) is 30.2. The molecule has 11 rings (SSSR count). The van der Waals surface area contributed by atoms with Crippen molar-refractivity contribution in [3.63, 3.8) is 0 Å². The number of para-hydroxylation sites is 1. The van der Waals surface area contributed by atoms with E-state index in [1.165, 1.54) is 64.2 Å². The van der Waals surface area contributed by atoms with Crippen LogP contribution < -0.4 is 0 Å². The average molecular weight is 697 g/mol. The molecule has 0 atom stereocenters. The van der Waals surface area contributed by atoms with Crippen molar-refractivity contribution in [2.24, 2.45) is 0 Å². The SMILES string of the molecule is CC1(C)c2ccccc2-c2c1ccc1c2c2ccccc2n1-c1cccc(-c2nc(-c3ccccc3)nc(-c3ccc4c(c3)sc3ccccc34)n2)c1. The molecule has 0 saturated heterocycles. The van der Waals surface area contributed by atoms with Crippen LogP contribution in [0.4, 0.5) is 0 Å². The maximum atomic E-state index is 5.17. The standard InChI is InChI=1S/C48H32N4S/c1-48(2)37-20-9-6-18-35(37)43-38(48)25-26-40-44(43)36-19-7-10-21-39(36)52(40)32-16-12-15-30(27-32)46-49-45(29-13-4-3-5-14-29)50-47(51-46)31-23-24-34-33-17-8-11-22-41(33)53-42(34)28-31/h3-28H,1-2H3. The molecule has 7 aromatic carbocycles. The predicted octanol–water partition coefficient (Wildman–Crippen LogP) is 12.6. The third-order valence-corrected chi connectivity index (χ3v) is 12.2. The summed E-state index contributed by atoms with van der Waals surface area (Å²) in [5.74, 6) is 1.96. The summed E-state index contributed by atoms with van der Waals surface area (Å²) in [5.41, 5.74) is 11.7. The topological polar surface area (TPSA) is 43.6 Å². The Bertz CT molecular complexity index is 3100. The first-order valence-corrected chi connectivity index (χ1v) is 18.9. The fraction of sp³-hybridized carbons (Fsp3) is 0.0625. The summed E-state index contributed by atoms with van der Waals surface area (Å²) in [4.78, 5) is 15.3. The van der Waals surface area contributed by atoms with E-state index in [4.69, 9.17) is 15.0 Å². The molecule has 3 aromatic heterocycles. The van der Waals surface area contributed by atoms with Gasteiger partial charge in [-0.3, -0.25) is 0 Å². The maximum Gasteiger partial charge on any atom is 0.164 e. The number of hydrogen-bond donors (Lipinski definition) is 0. The fourth-order valence-electron chi connectivity index (χ4n) is 8.53. The Morgan fingerprint density at radius 3 is 1.98 bits per heavy atom. The smallest absolute Gasteiger partial charge is 0.164 e. The Morgan fingerprint density at radius 2 is 1.13 bits per heavy atom. The van der Waals surface area contributed by atoms with E-state index in [0.29, 0.717) is 17.5 Å². The van der Waals surface area contributed by atoms with Crippen molar-refractivity contribution in [3.8, 4) is 51.0 Å². The van der Waals surface area contributed by atoms with Crippen molar-refractivity contribution in [1.29, 1.82) is 0 Å². The van der Waals surface area contributed by atoms with E-state index in [9.17, 15) is 0 Å². The average Bonchev–Trinajstić information content (AvgIpc) is 3.83. The number of aromatic nitrogens is 4. The van der Waals surface area contributed by atoms with Crippen LogP contribution in [0.15, 0.2) is 158 Å². The van der Waals surface area contributed by atoms with Gasteiger partial charge >= 0.3 is 0 Å². The highest BCUT2D eigenvalue weighted by molar-refractivity contribution is 7.25. The van der Waals surface area contributed by atoms with Gasteiger partial charge in [0.1, 0.15) is 0 Å². The van der Waals surface area contributed by atoms with Crippen molar-refractivity contribution in [1.82, 2.24) is 19.5 Å². The molecular formula is C48H32N4S. The number of fused-ring (bicyclic) bond motifs is 10. The predicted molar refractivity (Wildman–Crippen MR) is 221 cm³/mol. The van der Waals surface area contributed by atoms with E-state index >= 15 is 0 Å².